The Morgan fingerprint density at radius 3 is 2.29 bits per heavy atom. The third-order valence-electron chi connectivity index (χ3n) is 4.13. The molecule has 1 unspecified atom stereocenters. The van der Waals surface area contributed by atoms with Crippen LogP contribution in [0.15, 0.2) is 12.1 Å². The first kappa shape index (κ1) is 17.9. The van der Waals surface area contributed by atoms with Crippen molar-refractivity contribution >= 4 is 11.8 Å². The number of ether oxygens (including phenoxy) is 3. The van der Waals surface area contributed by atoms with E-state index in [-0.39, 0.29) is 17.7 Å². The van der Waals surface area contributed by atoms with Gasteiger partial charge in [-0.05, 0) is 25.0 Å². The van der Waals surface area contributed by atoms with Crippen molar-refractivity contribution in [3.8, 4) is 17.2 Å². The van der Waals surface area contributed by atoms with Gasteiger partial charge < -0.3 is 19.1 Å². The number of methoxy groups -OCH3 is 3. The Morgan fingerprint density at radius 1 is 1.17 bits per heavy atom. The van der Waals surface area contributed by atoms with Gasteiger partial charge in [-0.2, -0.15) is 0 Å². The number of piperidine rings is 1. The van der Waals surface area contributed by atoms with Gasteiger partial charge in [-0.25, -0.2) is 5.84 Å². The van der Waals surface area contributed by atoms with Crippen LogP contribution < -0.4 is 25.5 Å². The van der Waals surface area contributed by atoms with Crippen molar-refractivity contribution in [2.45, 2.75) is 12.8 Å². The summed E-state index contributed by atoms with van der Waals surface area (Å²) >= 11 is 0. The molecule has 3 N–H and O–H groups in total. The van der Waals surface area contributed by atoms with E-state index in [2.05, 4.69) is 5.43 Å². The molecule has 1 aliphatic rings. The number of hydrogen-bond donors (Lipinski definition) is 2. The third kappa shape index (κ3) is 3.53. The minimum atomic E-state index is -0.297. The summed E-state index contributed by atoms with van der Waals surface area (Å²) in [4.78, 5) is 26.2. The van der Waals surface area contributed by atoms with Crippen LogP contribution in [-0.2, 0) is 4.79 Å². The Balaban J connectivity index is 2.27. The summed E-state index contributed by atoms with van der Waals surface area (Å²) in [5.74, 6) is 5.70. The molecule has 8 heteroatoms. The van der Waals surface area contributed by atoms with Gasteiger partial charge in [0, 0.05) is 18.7 Å². The van der Waals surface area contributed by atoms with E-state index in [0.717, 1.165) is 6.42 Å². The zero-order chi connectivity index (χ0) is 17.7. The monoisotopic (exact) mass is 337 g/mol. The first-order valence-corrected chi connectivity index (χ1v) is 7.65. The second-order valence-electron chi connectivity index (χ2n) is 5.51. The second kappa shape index (κ2) is 7.87. The normalized spacial score (nSPS) is 17.2. The molecule has 24 heavy (non-hydrogen) atoms. The number of carbonyl (C=O) groups excluding carboxylic acids is 2. The van der Waals surface area contributed by atoms with Gasteiger partial charge in [0.25, 0.3) is 5.91 Å². The molecule has 1 fully saturated rings. The average molecular weight is 337 g/mol. The predicted molar refractivity (Wildman–Crippen MR) is 87.1 cm³/mol. The molecule has 1 aliphatic heterocycles. The van der Waals surface area contributed by atoms with Crippen LogP contribution in [0.2, 0.25) is 0 Å². The first-order valence-electron chi connectivity index (χ1n) is 7.65. The summed E-state index contributed by atoms with van der Waals surface area (Å²) in [5, 5.41) is 0. The molecule has 0 aromatic heterocycles. The number of rotatable bonds is 5. The fourth-order valence-corrected chi connectivity index (χ4v) is 2.88. The zero-order valence-electron chi connectivity index (χ0n) is 14.1. The van der Waals surface area contributed by atoms with E-state index in [1.807, 2.05) is 0 Å². The average Bonchev–Trinajstić information content (AvgIpc) is 2.65. The largest absolute Gasteiger partial charge is 0.493 e. The number of benzene rings is 1. The Kier molecular flexibility index (Phi) is 5.86. The fraction of sp³-hybridized carbons (Fsp3) is 0.500. The second-order valence-corrected chi connectivity index (χ2v) is 5.51. The maximum atomic E-state index is 12.8. The third-order valence-corrected chi connectivity index (χ3v) is 4.13. The van der Waals surface area contributed by atoms with Crippen molar-refractivity contribution in [1.82, 2.24) is 10.3 Å². The molecule has 2 rings (SSSR count). The smallest absolute Gasteiger partial charge is 0.254 e. The molecule has 0 spiro atoms. The van der Waals surface area contributed by atoms with Crippen molar-refractivity contribution in [2.24, 2.45) is 11.8 Å². The minimum Gasteiger partial charge on any atom is -0.493 e. The molecule has 0 radical (unpaired) electrons. The molecular weight excluding hydrogens is 314 g/mol. The van der Waals surface area contributed by atoms with Gasteiger partial charge in [-0.1, -0.05) is 0 Å². The van der Waals surface area contributed by atoms with Crippen LogP contribution in [0.1, 0.15) is 23.2 Å². The van der Waals surface area contributed by atoms with Crippen molar-refractivity contribution in [3.63, 3.8) is 0 Å². The van der Waals surface area contributed by atoms with Crippen molar-refractivity contribution in [1.29, 1.82) is 0 Å². The number of nitrogens with two attached hydrogens (primary N) is 1. The molecule has 1 aromatic rings. The van der Waals surface area contributed by atoms with Gasteiger partial charge in [-0.3, -0.25) is 15.0 Å². The topological polar surface area (TPSA) is 103 Å². The van der Waals surface area contributed by atoms with Crippen molar-refractivity contribution in [3.05, 3.63) is 17.7 Å². The Hall–Kier alpha value is -2.48. The lowest BCUT2D eigenvalue weighted by atomic mass is 9.96. The summed E-state index contributed by atoms with van der Waals surface area (Å²) in [6.45, 7) is 0.919. The lowest BCUT2D eigenvalue weighted by Gasteiger charge is -2.32. The number of likely N-dealkylation sites (tertiary alicyclic amines) is 1. The van der Waals surface area contributed by atoms with E-state index in [9.17, 15) is 9.59 Å². The number of hydrazine groups is 1. The number of hydrogen-bond acceptors (Lipinski definition) is 6. The Morgan fingerprint density at radius 2 is 1.79 bits per heavy atom. The van der Waals surface area contributed by atoms with Crippen LogP contribution in [0.5, 0.6) is 17.2 Å². The minimum absolute atomic E-state index is 0.191. The van der Waals surface area contributed by atoms with Crippen LogP contribution in [0.3, 0.4) is 0 Å². The highest BCUT2D eigenvalue weighted by Crippen LogP contribution is 2.38. The number of nitrogens with zero attached hydrogens (tertiary/aromatic N) is 1. The highest BCUT2D eigenvalue weighted by Gasteiger charge is 2.29. The van der Waals surface area contributed by atoms with Gasteiger partial charge >= 0.3 is 0 Å². The molecule has 1 aromatic carbocycles. The van der Waals surface area contributed by atoms with Crippen LogP contribution in [0.25, 0.3) is 0 Å². The van der Waals surface area contributed by atoms with Gasteiger partial charge in [0.2, 0.25) is 11.7 Å². The van der Waals surface area contributed by atoms with E-state index in [1.165, 1.54) is 21.3 Å². The van der Waals surface area contributed by atoms with E-state index in [4.69, 9.17) is 20.1 Å². The first-order chi connectivity index (χ1) is 11.5. The predicted octanol–water partition coefficient (Wildman–Crippen LogP) is 0.555. The highest BCUT2D eigenvalue weighted by molar-refractivity contribution is 5.96. The lowest BCUT2D eigenvalue weighted by molar-refractivity contribution is -0.126. The van der Waals surface area contributed by atoms with Gasteiger partial charge in [-0.15, -0.1) is 0 Å². The molecule has 1 atom stereocenters. The quantitative estimate of drug-likeness (QED) is 0.462. The summed E-state index contributed by atoms with van der Waals surface area (Å²) in [7, 11) is 4.49. The molecule has 8 nitrogen and oxygen atoms in total. The maximum Gasteiger partial charge on any atom is 0.254 e. The van der Waals surface area contributed by atoms with Gasteiger partial charge in [0.15, 0.2) is 11.5 Å². The molecule has 2 amide bonds. The summed E-state index contributed by atoms with van der Waals surface area (Å²) in [6.07, 6.45) is 1.45. The van der Waals surface area contributed by atoms with Gasteiger partial charge in [0.05, 0.1) is 27.2 Å². The summed E-state index contributed by atoms with van der Waals surface area (Å²) in [6, 6.07) is 3.21. The van der Waals surface area contributed by atoms with Gasteiger partial charge in [0.1, 0.15) is 0 Å². The standard InChI is InChI=1S/C16H23N3O5/c1-22-12-7-11(8-13(23-2)14(12)24-3)16(21)19-6-4-5-10(9-19)15(20)18-17/h7-8,10H,4-6,9,17H2,1-3H3,(H,18,20). The summed E-state index contributed by atoms with van der Waals surface area (Å²) in [5.41, 5.74) is 2.57. The lowest BCUT2D eigenvalue weighted by Crippen LogP contribution is -2.47. The molecular formula is C16H23N3O5. The molecule has 0 aliphatic carbocycles. The van der Waals surface area contributed by atoms with E-state index >= 15 is 0 Å². The van der Waals surface area contributed by atoms with Crippen LogP contribution in [-0.4, -0.2) is 51.1 Å². The SMILES string of the molecule is COc1cc(C(=O)N2CCCC(C(=O)NN)C2)cc(OC)c1OC. The number of nitrogens with one attached hydrogen (secondary N) is 1. The van der Waals surface area contributed by atoms with Crippen LogP contribution in [0.4, 0.5) is 0 Å². The van der Waals surface area contributed by atoms with E-state index < -0.39 is 0 Å². The Bertz CT molecular complexity index is 595. The maximum absolute atomic E-state index is 12.8. The van der Waals surface area contributed by atoms with E-state index in [0.29, 0.717) is 42.3 Å². The fourth-order valence-electron chi connectivity index (χ4n) is 2.88. The molecule has 0 bridgehead atoms. The number of carbonyl (C=O) groups is 2. The van der Waals surface area contributed by atoms with Crippen molar-refractivity contribution in [2.75, 3.05) is 34.4 Å². The zero-order valence-corrected chi connectivity index (χ0v) is 14.1. The van der Waals surface area contributed by atoms with E-state index in [1.54, 1.807) is 17.0 Å². The molecule has 1 saturated heterocycles. The van der Waals surface area contributed by atoms with Crippen LogP contribution in [0, 0.1) is 5.92 Å². The molecule has 132 valence electrons. The summed E-state index contributed by atoms with van der Waals surface area (Å²) < 4.78 is 15.8. The molecule has 0 saturated carbocycles. The van der Waals surface area contributed by atoms with Crippen LogP contribution >= 0.6 is 0 Å². The molecule has 1 heterocycles. The Labute approximate surface area is 140 Å². The van der Waals surface area contributed by atoms with Crippen molar-refractivity contribution < 1.29 is 23.8 Å². The number of amides is 2. The highest BCUT2D eigenvalue weighted by atomic mass is 16.5.